The van der Waals surface area contributed by atoms with Crippen molar-refractivity contribution in [3.05, 3.63) is 17.5 Å². The zero-order valence-electron chi connectivity index (χ0n) is 11.0. The second-order valence-electron chi connectivity index (χ2n) is 5.06. The van der Waals surface area contributed by atoms with Gasteiger partial charge in [-0.1, -0.05) is 5.16 Å². The van der Waals surface area contributed by atoms with Gasteiger partial charge in [0.1, 0.15) is 6.61 Å². The molecule has 1 saturated heterocycles. The van der Waals surface area contributed by atoms with Crippen LogP contribution in [0.1, 0.15) is 30.1 Å². The number of amides is 1. The van der Waals surface area contributed by atoms with Gasteiger partial charge in [0.25, 0.3) is 5.91 Å². The van der Waals surface area contributed by atoms with Crippen LogP contribution in [0, 0.1) is 0 Å². The third kappa shape index (κ3) is 2.54. The predicted octanol–water partition coefficient (Wildman–Crippen LogP) is 0.645. The Morgan fingerprint density at radius 1 is 1.67 bits per heavy atom. The second kappa shape index (κ2) is 5.07. The summed E-state index contributed by atoms with van der Waals surface area (Å²) in [4.78, 5) is 14.2. The lowest BCUT2D eigenvalue weighted by atomic mass is 9.99. The molecule has 0 aromatic carbocycles. The van der Waals surface area contributed by atoms with E-state index < -0.39 is 0 Å². The fourth-order valence-electron chi connectivity index (χ4n) is 2.12. The van der Waals surface area contributed by atoms with Crippen LogP contribution in [0.3, 0.4) is 0 Å². The Morgan fingerprint density at radius 3 is 3.11 bits per heavy atom. The molecule has 1 amide bonds. The van der Waals surface area contributed by atoms with E-state index in [4.69, 9.17) is 9.26 Å². The predicted molar refractivity (Wildman–Crippen MR) is 65.2 cm³/mol. The van der Waals surface area contributed by atoms with Crippen molar-refractivity contribution < 1.29 is 14.1 Å². The van der Waals surface area contributed by atoms with E-state index in [1.807, 2.05) is 18.7 Å². The highest BCUT2D eigenvalue weighted by atomic mass is 16.5. The van der Waals surface area contributed by atoms with Gasteiger partial charge in [-0.25, -0.2) is 0 Å². The van der Waals surface area contributed by atoms with Crippen molar-refractivity contribution in [2.75, 3.05) is 26.7 Å². The van der Waals surface area contributed by atoms with Crippen molar-refractivity contribution in [2.45, 2.75) is 26.0 Å². The molecule has 2 rings (SSSR count). The Labute approximate surface area is 106 Å². The Hall–Kier alpha value is -1.40. The Kier molecular flexibility index (Phi) is 3.68. The average molecular weight is 253 g/mol. The number of rotatable bonds is 3. The molecule has 0 spiro atoms. The monoisotopic (exact) mass is 253 g/mol. The number of hydrogen-bond donors (Lipinski definition) is 1. The number of carbonyl (C=O) groups excluding carboxylic acids is 1. The molecule has 100 valence electrons. The van der Waals surface area contributed by atoms with Gasteiger partial charge in [-0.05, 0) is 13.8 Å². The molecule has 0 aliphatic carbocycles. The van der Waals surface area contributed by atoms with Crippen LogP contribution in [0.5, 0.6) is 0 Å². The van der Waals surface area contributed by atoms with Crippen LogP contribution in [-0.2, 0) is 11.3 Å². The van der Waals surface area contributed by atoms with Crippen LogP contribution in [-0.4, -0.2) is 48.2 Å². The first-order valence-corrected chi connectivity index (χ1v) is 6.02. The van der Waals surface area contributed by atoms with Crippen LogP contribution in [0.25, 0.3) is 0 Å². The highest BCUT2D eigenvalue weighted by Gasteiger charge is 2.34. The summed E-state index contributed by atoms with van der Waals surface area (Å²) in [5.74, 6) is 0.474. The molecule has 1 fully saturated rings. The zero-order chi connectivity index (χ0) is 13.2. The van der Waals surface area contributed by atoms with E-state index in [-0.39, 0.29) is 11.4 Å². The van der Waals surface area contributed by atoms with Crippen molar-refractivity contribution in [3.63, 3.8) is 0 Å². The van der Waals surface area contributed by atoms with Crippen molar-refractivity contribution in [2.24, 2.45) is 0 Å². The van der Waals surface area contributed by atoms with Crippen molar-refractivity contribution in [1.29, 1.82) is 0 Å². The molecule has 1 aliphatic heterocycles. The van der Waals surface area contributed by atoms with Gasteiger partial charge in [-0.15, -0.1) is 0 Å². The lowest BCUT2D eigenvalue weighted by molar-refractivity contribution is 0.0467. The lowest BCUT2D eigenvalue weighted by Gasteiger charge is -2.42. The number of carbonyl (C=O) groups is 1. The summed E-state index contributed by atoms with van der Waals surface area (Å²) >= 11 is 0. The number of nitrogens with one attached hydrogen (secondary N) is 1. The Morgan fingerprint density at radius 2 is 2.44 bits per heavy atom. The van der Waals surface area contributed by atoms with E-state index in [0.717, 1.165) is 13.1 Å². The van der Waals surface area contributed by atoms with Crippen LogP contribution < -0.4 is 5.32 Å². The third-order valence-corrected chi connectivity index (χ3v) is 3.11. The number of ether oxygens (including phenoxy) is 1. The molecule has 0 saturated carbocycles. The molecule has 0 atom stereocenters. The molecule has 1 aromatic rings. The van der Waals surface area contributed by atoms with Gasteiger partial charge in [0.05, 0.1) is 5.54 Å². The summed E-state index contributed by atoms with van der Waals surface area (Å²) in [6, 6.07) is 1.64. The minimum absolute atomic E-state index is 0.0902. The number of aromatic nitrogens is 1. The summed E-state index contributed by atoms with van der Waals surface area (Å²) in [5, 5.41) is 7.09. The van der Waals surface area contributed by atoms with Crippen LogP contribution in [0.15, 0.2) is 10.6 Å². The molecular weight excluding hydrogens is 234 g/mol. The number of piperazine rings is 1. The number of nitrogens with zero attached hydrogens (tertiary/aromatic N) is 2. The molecular formula is C12H19N3O3. The summed E-state index contributed by atoms with van der Waals surface area (Å²) in [7, 11) is 1.57. The highest BCUT2D eigenvalue weighted by molar-refractivity contribution is 5.92. The van der Waals surface area contributed by atoms with E-state index in [2.05, 4.69) is 10.5 Å². The first kappa shape index (κ1) is 13.0. The van der Waals surface area contributed by atoms with Gasteiger partial charge in [0, 0.05) is 32.8 Å². The van der Waals surface area contributed by atoms with Gasteiger partial charge in [0.2, 0.25) is 0 Å². The fourth-order valence-corrected chi connectivity index (χ4v) is 2.12. The molecule has 18 heavy (non-hydrogen) atoms. The molecule has 6 heteroatoms. The van der Waals surface area contributed by atoms with Crippen LogP contribution in [0.4, 0.5) is 0 Å². The van der Waals surface area contributed by atoms with Gasteiger partial charge < -0.3 is 19.5 Å². The summed E-state index contributed by atoms with van der Waals surface area (Å²) in [6.07, 6.45) is 0. The van der Waals surface area contributed by atoms with E-state index in [1.54, 1.807) is 13.2 Å². The van der Waals surface area contributed by atoms with E-state index >= 15 is 0 Å². The maximum atomic E-state index is 12.4. The summed E-state index contributed by atoms with van der Waals surface area (Å²) in [6.45, 7) is 6.66. The first-order valence-electron chi connectivity index (χ1n) is 6.02. The fraction of sp³-hybridized carbons (Fsp3) is 0.667. The van der Waals surface area contributed by atoms with E-state index in [1.165, 1.54) is 0 Å². The lowest BCUT2D eigenvalue weighted by Crippen LogP contribution is -2.59. The quantitative estimate of drug-likeness (QED) is 0.856. The average Bonchev–Trinajstić information content (AvgIpc) is 2.77. The van der Waals surface area contributed by atoms with Gasteiger partial charge in [-0.2, -0.15) is 0 Å². The molecule has 6 nitrogen and oxygen atoms in total. The largest absolute Gasteiger partial charge is 0.377 e. The first-order chi connectivity index (χ1) is 8.54. The molecule has 1 N–H and O–H groups in total. The number of hydrogen-bond acceptors (Lipinski definition) is 5. The minimum atomic E-state index is -0.213. The third-order valence-electron chi connectivity index (χ3n) is 3.11. The molecule has 1 aromatic heterocycles. The highest BCUT2D eigenvalue weighted by Crippen LogP contribution is 2.19. The second-order valence-corrected chi connectivity index (χ2v) is 5.06. The topological polar surface area (TPSA) is 67.6 Å². The minimum Gasteiger partial charge on any atom is -0.377 e. The van der Waals surface area contributed by atoms with Gasteiger partial charge in [-0.3, -0.25) is 4.79 Å². The van der Waals surface area contributed by atoms with Crippen LogP contribution in [0.2, 0.25) is 0 Å². The Balaban J connectivity index is 2.14. The summed E-state index contributed by atoms with van der Waals surface area (Å²) in [5.41, 5.74) is 0.132. The Bertz CT molecular complexity index is 428. The van der Waals surface area contributed by atoms with Crippen molar-refractivity contribution in [3.8, 4) is 0 Å². The van der Waals surface area contributed by atoms with Crippen LogP contribution >= 0.6 is 0 Å². The standard InChI is InChI=1S/C12H19N3O3/c1-12(2)8-13-4-5-15(12)11(16)10-6-9(7-17-3)18-14-10/h6,13H,4-5,7-8H2,1-3H3. The van der Waals surface area contributed by atoms with Crippen molar-refractivity contribution >= 4 is 5.91 Å². The molecule has 1 aliphatic rings. The maximum Gasteiger partial charge on any atom is 0.276 e. The number of methoxy groups -OCH3 is 1. The molecule has 0 radical (unpaired) electrons. The normalized spacial score (nSPS) is 18.9. The zero-order valence-corrected chi connectivity index (χ0v) is 11.0. The van der Waals surface area contributed by atoms with Crippen molar-refractivity contribution in [1.82, 2.24) is 15.4 Å². The maximum absolute atomic E-state index is 12.4. The SMILES string of the molecule is COCc1cc(C(=O)N2CCNCC2(C)C)no1. The summed E-state index contributed by atoms with van der Waals surface area (Å²) < 4.78 is 9.99. The van der Waals surface area contributed by atoms with E-state index in [0.29, 0.717) is 24.6 Å². The molecule has 0 unspecified atom stereocenters. The molecule has 0 bridgehead atoms. The van der Waals surface area contributed by atoms with Gasteiger partial charge >= 0.3 is 0 Å². The smallest absolute Gasteiger partial charge is 0.276 e. The van der Waals surface area contributed by atoms with E-state index in [9.17, 15) is 4.79 Å². The van der Waals surface area contributed by atoms with Gasteiger partial charge in [0.15, 0.2) is 11.5 Å². The molecule has 2 heterocycles.